The molecule has 0 amide bonds. The van der Waals surface area contributed by atoms with Crippen molar-refractivity contribution in [2.24, 2.45) is 0 Å². The van der Waals surface area contributed by atoms with Gasteiger partial charge in [0.15, 0.2) is 0 Å². The zero-order valence-corrected chi connectivity index (χ0v) is 12.3. The molecule has 1 N–H and O–H groups in total. The highest BCUT2D eigenvalue weighted by Gasteiger charge is 2.08. The van der Waals surface area contributed by atoms with Gasteiger partial charge in [0.2, 0.25) is 0 Å². The fourth-order valence-electron chi connectivity index (χ4n) is 2.48. The summed E-state index contributed by atoms with van der Waals surface area (Å²) in [6.45, 7) is 0. The maximum Gasteiger partial charge on any atom is 0.257 e. The van der Waals surface area contributed by atoms with E-state index in [1.165, 1.54) is 0 Å². The molecule has 0 fully saturated rings. The number of hydrogen-bond donors (Lipinski definition) is 1. The molecule has 3 aromatic heterocycles. The molecule has 0 saturated carbocycles. The monoisotopic (exact) mass is 302 g/mol. The number of pyridine rings is 2. The molecule has 4 aromatic rings. The summed E-state index contributed by atoms with van der Waals surface area (Å²) in [6, 6.07) is 11.4. The number of thiophene rings is 1. The van der Waals surface area contributed by atoms with Crippen LogP contribution in [0.25, 0.3) is 21.8 Å². The Bertz CT molecular complexity index is 1100. The Kier molecular flexibility index (Phi) is 2.99. The summed E-state index contributed by atoms with van der Waals surface area (Å²) < 4.78 is 0. The van der Waals surface area contributed by atoms with Crippen LogP contribution in [-0.2, 0) is 0 Å². The van der Waals surface area contributed by atoms with Gasteiger partial charge in [0.05, 0.1) is 0 Å². The van der Waals surface area contributed by atoms with Crippen molar-refractivity contribution in [2.45, 2.75) is 0 Å². The highest BCUT2D eigenvalue weighted by molar-refractivity contribution is 7.08. The lowest BCUT2D eigenvalue weighted by molar-refractivity contribution is 1.25. The first kappa shape index (κ1) is 12.8. The maximum atomic E-state index is 12.1. The zero-order valence-electron chi connectivity index (χ0n) is 11.5. The molecule has 1 aromatic carbocycles. The van der Waals surface area contributed by atoms with E-state index in [0.29, 0.717) is 11.0 Å². The first-order chi connectivity index (χ1) is 10.8. The number of H-pyrrole nitrogens is 1. The van der Waals surface area contributed by atoms with Gasteiger partial charge in [0.25, 0.3) is 5.56 Å². The van der Waals surface area contributed by atoms with Crippen molar-refractivity contribution in [1.29, 1.82) is 0 Å². The van der Waals surface area contributed by atoms with Crippen LogP contribution in [0.3, 0.4) is 0 Å². The number of benzene rings is 1. The third-order valence-electron chi connectivity index (χ3n) is 3.49. The molecule has 0 unspecified atom stereocenters. The Hall–Kier alpha value is -2.90. The average Bonchev–Trinajstić information content (AvgIpc) is 3.06. The van der Waals surface area contributed by atoms with Crippen LogP contribution in [-0.4, -0.2) is 9.97 Å². The van der Waals surface area contributed by atoms with Crippen molar-refractivity contribution in [3.8, 4) is 11.8 Å². The normalized spacial score (nSPS) is 10.5. The Labute approximate surface area is 130 Å². The summed E-state index contributed by atoms with van der Waals surface area (Å²) in [6.07, 6.45) is 1.67. The van der Waals surface area contributed by atoms with Gasteiger partial charge in [-0.3, -0.25) is 4.79 Å². The molecule has 104 valence electrons. The summed E-state index contributed by atoms with van der Waals surface area (Å²) in [5, 5.41) is 6.43. The van der Waals surface area contributed by atoms with Crippen LogP contribution < -0.4 is 5.56 Å². The minimum atomic E-state index is -0.126. The standard InChI is InChI=1S/C18H10N2OS/c21-18-15-4-2-1-3-14(15)16-13(7-9-19-17(16)20-18)6-5-12-8-10-22-11-12/h1-4,7-11H,(H,19,20,21). The van der Waals surface area contributed by atoms with Gasteiger partial charge in [-0.2, -0.15) is 11.3 Å². The van der Waals surface area contributed by atoms with Gasteiger partial charge in [-0.05, 0) is 29.0 Å². The molecule has 0 radical (unpaired) electrons. The minimum Gasteiger partial charge on any atom is -0.306 e. The Balaban J connectivity index is 2.07. The summed E-state index contributed by atoms with van der Waals surface area (Å²) in [4.78, 5) is 19.2. The minimum absolute atomic E-state index is 0.126. The lowest BCUT2D eigenvalue weighted by Gasteiger charge is -2.04. The fraction of sp³-hybridized carbons (Fsp3) is 0. The molecule has 3 nitrogen and oxygen atoms in total. The number of aromatic nitrogens is 2. The highest BCUT2D eigenvalue weighted by Crippen LogP contribution is 2.22. The zero-order chi connectivity index (χ0) is 14.9. The van der Waals surface area contributed by atoms with Gasteiger partial charge in [-0.25, -0.2) is 4.98 Å². The maximum absolute atomic E-state index is 12.1. The van der Waals surface area contributed by atoms with Crippen LogP contribution in [0.2, 0.25) is 0 Å². The summed E-state index contributed by atoms with van der Waals surface area (Å²) >= 11 is 1.62. The van der Waals surface area contributed by atoms with Gasteiger partial charge in [-0.15, -0.1) is 0 Å². The van der Waals surface area contributed by atoms with Gasteiger partial charge < -0.3 is 4.98 Å². The van der Waals surface area contributed by atoms with Crippen molar-refractivity contribution < 1.29 is 0 Å². The van der Waals surface area contributed by atoms with Gasteiger partial charge >= 0.3 is 0 Å². The Morgan fingerprint density at radius 2 is 1.91 bits per heavy atom. The van der Waals surface area contributed by atoms with E-state index in [4.69, 9.17) is 0 Å². The molecule has 4 rings (SSSR count). The number of rotatable bonds is 0. The molecular weight excluding hydrogens is 292 g/mol. The van der Waals surface area contributed by atoms with Crippen molar-refractivity contribution in [1.82, 2.24) is 9.97 Å². The van der Waals surface area contributed by atoms with Crippen LogP contribution in [0, 0.1) is 11.8 Å². The topological polar surface area (TPSA) is 45.8 Å². The molecule has 0 bridgehead atoms. The molecule has 0 aliphatic rings. The molecule has 22 heavy (non-hydrogen) atoms. The van der Waals surface area contributed by atoms with E-state index in [-0.39, 0.29) is 5.56 Å². The average molecular weight is 302 g/mol. The third kappa shape index (κ3) is 2.09. The number of hydrogen-bond acceptors (Lipinski definition) is 3. The molecule has 3 heterocycles. The van der Waals surface area contributed by atoms with Crippen LogP contribution in [0.5, 0.6) is 0 Å². The third-order valence-corrected chi connectivity index (χ3v) is 4.17. The van der Waals surface area contributed by atoms with Gasteiger partial charge in [-0.1, -0.05) is 30.0 Å². The van der Waals surface area contributed by atoms with E-state index in [1.54, 1.807) is 17.5 Å². The summed E-state index contributed by atoms with van der Waals surface area (Å²) in [7, 11) is 0. The van der Waals surface area contributed by atoms with E-state index in [9.17, 15) is 4.79 Å². The molecule has 0 atom stereocenters. The van der Waals surface area contributed by atoms with Crippen molar-refractivity contribution in [3.63, 3.8) is 0 Å². The predicted molar refractivity (Wildman–Crippen MR) is 90.2 cm³/mol. The highest BCUT2D eigenvalue weighted by atomic mass is 32.1. The molecule has 0 saturated heterocycles. The fourth-order valence-corrected chi connectivity index (χ4v) is 3.07. The molecular formula is C18H10N2OS. The number of nitrogens with zero attached hydrogens (tertiary/aromatic N) is 1. The number of fused-ring (bicyclic) bond motifs is 3. The van der Waals surface area contributed by atoms with Gasteiger partial charge in [0.1, 0.15) is 5.65 Å². The van der Waals surface area contributed by atoms with Crippen molar-refractivity contribution in [2.75, 3.05) is 0 Å². The quantitative estimate of drug-likeness (QED) is 0.399. The van der Waals surface area contributed by atoms with Crippen molar-refractivity contribution >= 4 is 33.1 Å². The van der Waals surface area contributed by atoms with E-state index < -0.39 is 0 Å². The summed E-state index contributed by atoms with van der Waals surface area (Å²) in [5.41, 5.74) is 2.30. The molecule has 0 aliphatic carbocycles. The second-order valence-corrected chi connectivity index (χ2v) is 5.62. The van der Waals surface area contributed by atoms with Crippen LogP contribution in [0.1, 0.15) is 11.1 Å². The smallest absolute Gasteiger partial charge is 0.257 e. The summed E-state index contributed by atoms with van der Waals surface area (Å²) in [5.74, 6) is 6.35. The van der Waals surface area contributed by atoms with Crippen LogP contribution >= 0.6 is 11.3 Å². The van der Waals surface area contributed by atoms with E-state index in [2.05, 4.69) is 21.8 Å². The number of nitrogens with one attached hydrogen (secondary N) is 1. The largest absolute Gasteiger partial charge is 0.306 e. The van der Waals surface area contributed by atoms with Gasteiger partial charge in [0, 0.05) is 33.5 Å². The second-order valence-electron chi connectivity index (χ2n) is 4.84. The first-order valence-electron chi connectivity index (χ1n) is 6.77. The van der Waals surface area contributed by atoms with E-state index >= 15 is 0 Å². The van der Waals surface area contributed by atoms with Crippen LogP contribution in [0.4, 0.5) is 0 Å². The molecule has 4 heteroatoms. The number of aromatic amines is 1. The second kappa shape index (κ2) is 5.14. The SMILES string of the molecule is O=c1[nH]c2nccc(C#Cc3ccsc3)c2c2ccccc12. The molecule has 0 spiro atoms. The van der Waals surface area contributed by atoms with E-state index in [0.717, 1.165) is 21.9 Å². The van der Waals surface area contributed by atoms with Crippen LogP contribution in [0.15, 0.2) is 58.1 Å². The molecule has 0 aliphatic heterocycles. The van der Waals surface area contributed by atoms with Crippen molar-refractivity contribution in [3.05, 3.63) is 74.8 Å². The van der Waals surface area contributed by atoms with E-state index in [1.807, 2.05) is 47.2 Å². The Morgan fingerprint density at radius 1 is 1.05 bits per heavy atom. The predicted octanol–water partition coefficient (Wildman–Crippen LogP) is 3.54. The first-order valence-corrected chi connectivity index (χ1v) is 7.71. The lowest BCUT2D eigenvalue weighted by Crippen LogP contribution is -2.07. The Morgan fingerprint density at radius 3 is 2.73 bits per heavy atom. The lowest BCUT2D eigenvalue weighted by atomic mass is 10.0.